The van der Waals surface area contributed by atoms with E-state index in [0.717, 1.165) is 31.3 Å². The predicted octanol–water partition coefficient (Wildman–Crippen LogP) is 2.12. The average molecular weight is 367 g/mol. The monoisotopic (exact) mass is 367 g/mol. The van der Waals surface area contributed by atoms with Crippen LogP contribution < -0.4 is 5.32 Å². The topological polar surface area (TPSA) is 82.5 Å². The summed E-state index contributed by atoms with van der Waals surface area (Å²) in [5, 5.41) is 14.2. The Morgan fingerprint density at radius 1 is 1.11 bits per heavy atom. The van der Waals surface area contributed by atoms with Crippen molar-refractivity contribution in [2.24, 2.45) is 5.92 Å². The van der Waals surface area contributed by atoms with Crippen LogP contribution in [0.1, 0.15) is 42.5 Å². The molecule has 0 unspecified atom stereocenters. The van der Waals surface area contributed by atoms with E-state index in [-0.39, 0.29) is 17.7 Å². The molecule has 2 aromatic rings. The van der Waals surface area contributed by atoms with Crippen molar-refractivity contribution >= 4 is 22.7 Å². The van der Waals surface area contributed by atoms with Crippen LogP contribution in [0.25, 0.3) is 10.9 Å². The molecule has 1 aliphatic heterocycles. The molecule has 4 rings (SSSR count). The Balaban J connectivity index is 1.48. The number of aliphatic hydroxyl groups excluding tert-OH is 1. The van der Waals surface area contributed by atoms with Gasteiger partial charge in [-0.1, -0.05) is 18.2 Å². The third-order valence-electron chi connectivity index (χ3n) is 5.77. The minimum atomic E-state index is -0.625. The SMILES string of the molecule is O=C(N[C@@H]1C[C@@H](C(=O)N2CCCC2)CC[C@H]1O)c1cccc2cccnc12. The molecule has 0 spiro atoms. The van der Waals surface area contributed by atoms with E-state index in [9.17, 15) is 14.7 Å². The molecule has 1 aromatic carbocycles. The Morgan fingerprint density at radius 2 is 1.89 bits per heavy atom. The van der Waals surface area contributed by atoms with Gasteiger partial charge in [0, 0.05) is 30.6 Å². The summed E-state index contributed by atoms with van der Waals surface area (Å²) in [6, 6.07) is 8.83. The summed E-state index contributed by atoms with van der Waals surface area (Å²) >= 11 is 0. The number of likely N-dealkylation sites (tertiary alicyclic amines) is 1. The zero-order valence-corrected chi connectivity index (χ0v) is 15.3. The van der Waals surface area contributed by atoms with Crippen LogP contribution in [-0.4, -0.2) is 52.0 Å². The van der Waals surface area contributed by atoms with E-state index in [1.54, 1.807) is 12.3 Å². The molecule has 27 heavy (non-hydrogen) atoms. The van der Waals surface area contributed by atoms with Crippen LogP contribution in [0, 0.1) is 5.92 Å². The first kappa shape index (κ1) is 17.9. The van der Waals surface area contributed by atoms with Gasteiger partial charge in [-0.15, -0.1) is 0 Å². The number of benzene rings is 1. The molecule has 3 atom stereocenters. The molecule has 142 valence electrons. The minimum absolute atomic E-state index is 0.123. The Labute approximate surface area is 158 Å². The van der Waals surface area contributed by atoms with Gasteiger partial charge in [-0.3, -0.25) is 14.6 Å². The van der Waals surface area contributed by atoms with Gasteiger partial charge >= 0.3 is 0 Å². The molecule has 1 saturated heterocycles. The van der Waals surface area contributed by atoms with E-state index in [0.29, 0.717) is 30.3 Å². The molecule has 2 N–H and O–H groups in total. The van der Waals surface area contributed by atoms with Crippen molar-refractivity contribution in [1.29, 1.82) is 0 Å². The van der Waals surface area contributed by atoms with Crippen molar-refractivity contribution in [2.75, 3.05) is 13.1 Å². The van der Waals surface area contributed by atoms with Crippen LogP contribution >= 0.6 is 0 Å². The van der Waals surface area contributed by atoms with Crippen molar-refractivity contribution in [1.82, 2.24) is 15.2 Å². The van der Waals surface area contributed by atoms with Crippen LogP contribution in [0.2, 0.25) is 0 Å². The smallest absolute Gasteiger partial charge is 0.253 e. The second-order valence-corrected chi connectivity index (χ2v) is 7.57. The number of pyridine rings is 1. The van der Waals surface area contributed by atoms with E-state index in [2.05, 4.69) is 10.3 Å². The molecule has 1 aliphatic carbocycles. The van der Waals surface area contributed by atoms with Crippen molar-refractivity contribution in [3.63, 3.8) is 0 Å². The average Bonchev–Trinajstić information content (AvgIpc) is 3.23. The fourth-order valence-electron chi connectivity index (χ4n) is 4.26. The number of aliphatic hydroxyl groups is 1. The summed E-state index contributed by atoms with van der Waals surface area (Å²) in [7, 11) is 0. The number of fused-ring (bicyclic) bond motifs is 1. The highest BCUT2D eigenvalue weighted by Crippen LogP contribution is 2.28. The number of hydrogen-bond acceptors (Lipinski definition) is 4. The fraction of sp³-hybridized carbons (Fsp3) is 0.476. The Kier molecular flexibility index (Phi) is 5.07. The number of nitrogens with one attached hydrogen (secondary N) is 1. The highest BCUT2D eigenvalue weighted by molar-refractivity contribution is 6.05. The summed E-state index contributed by atoms with van der Waals surface area (Å²) in [5.74, 6) is -0.203. The number of para-hydroxylation sites is 1. The number of carbonyl (C=O) groups is 2. The normalized spacial score (nSPS) is 25.5. The molecule has 2 amide bonds. The molecule has 2 aliphatic rings. The Bertz CT molecular complexity index is 842. The molecule has 1 saturated carbocycles. The molecular weight excluding hydrogens is 342 g/mol. The second kappa shape index (κ2) is 7.64. The Morgan fingerprint density at radius 3 is 2.70 bits per heavy atom. The number of nitrogens with zero attached hydrogens (tertiary/aromatic N) is 2. The standard InChI is InChI=1S/C21H25N3O3/c25-18-9-8-15(21(27)24-11-1-2-12-24)13-17(18)23-20(26)16-7-3-5-14-6-4-10-22-19(14)16/h3-7,10,15,17-18,25H,1-2,8-9,11-13H2,(H,23,26)/t15-,17+,18+/m0/s1. The zero-order chi connectivity index (χ0) is 18.8. The molecular formula is C21H25N3O3. The lowest BCUT2D eigenvalue weighted by atomic mass is 9.82. The first-order valence-electron chi connectivity index (χ1n) is 9.75. The largest absolute Gasteiger partial charge is 0.391 e. The highest BCUT2D eigenvalue weighted by atomic mass is 16.3. The third kappa shape index (κ3) is 3.67. The van der Waals surface area contributed by atoms with Crippen molar-refractivity contribution < 1.29 is 14.7 Å². The number of hydrogen-bond donors (Lipinski definition) is 2. The van der Waals surface area contributed by atoms with Crippen molar-refractivity contribution in [2.45, 2.75) is 44.2 Å². The maximum atomic E-state index is 12.8. The van der Waals surface area contributed by atoms with E-state index in [1.807, 2.05) is 29.2 Å². The van der Waals surface area contributed by atoms with Gasteiger partial charge in [-0.2, -0.15) is 0 Å². The Hall–Kier alpha value is -2.47. The molecule has 0 bridgehead atoms. The first-order valence-corrected chi connectivity index (χ1v) is 9.75. The van der Waals surface area contributed by atoms with Crippen molar-refractivity contribution in [3.05, 3.63) is 42.1 Å². The number of carbonyl (C=O) groups excluding carboxylic acids is 2. The molecule has 0 radical (unpaired) electrons. The molecule has 6 heteroatoms. The quantitative estimate of drug-likeness (QED) is 0.871. The van der Waals surface area contributed by atoms with E-state index in [4.69, 9.17) is 0 Å². The van der Waals surface area contributed by atoms with Gasteiger partial charge < -0.3 is 15.3 Å². The van der Waals surface area contributed by atoms with Gasteiger partial charge in [0.1, 0.15) is 0 Å². The lowest BCUT2D eigenvalue weighted by molar-refractivity contribution is -0.136. The van der Waals surface area contributed by atoms with Crippen LogP contribution in [0.15, 0.2) is 36.5 Å². The molecule has 2 heterocycles. The minimum Gasteiger partial charge on any atom is -0.391 e. The summed E-state index contributed by atoms with van der Waals surface area (Å²) < 4.78 is 0. The van der Waals surface area contributed by atoms with E-state index in [1.165, 1.54) is 0 Å². The lowest BCUT2D eigenvalue weighted by Crippen LogP contribution is -2.49. The van der Waals surface area contributed by atoms with Gasteiger partial charge in [-0.05, 0) is 44.2 Å². The van der Waals surface area contributed by atoms with Crippen LogP contribution in [-0.2, 0) is 4.79 Å². The predicted molar refractivity (Wildman–Crippen MR) is 102 cm³/mol. The molecule has 1 aromatic heterocycles. The second-order valence-electron chi connectivity index (χ2n) is 7.57. The van der Waals surface area contributed by atoms with Crippen LogP contribution in [0.4, 0.5) is 0 Å². The van der Waals surface area contributed by atoms with E-state index < -0.39 is 12.1 Å². The van der Waals surface area contributed by atoms with Crippen LogP contribution in [0.5, 0.6) is 0 Å². The van der Waals surface area contributed by atoms with Crippen LogP contribution in [0.3, 0.4) is 0 Å². The van der Waals surface area contributed by atoms with Gasteiger partial charge in [0.2, 0.25) is 5.91 Å². The summed E-state index contributed by atoms with van der Waals surface area (Å²) in [5.41, 5.74) is 1.14. The lowest BCUT2D eigenvalue weighted by Gasteiger charge is -2.34. The zero-order valence-electron chi connectivity index (χ0n) is 15.3. The number of aromatic nitrogens is 1. The van der Waals surface area contributed by atoms with Crippen molar-refractivity contribution in [3.8, 4) is 0 Å². The third-order valence-corrected chi connectivity index (χ3v) is 5.77. The number of amides is 2. The fourth-order valence-corrected chi connectivity index (χ4v) is 4.26. The van der Waals surface area contributed by atoms with Gasteiger partial charge in [-0.25, -0.2) is 0 Å². The molecule has 6 nitrogen and oxygen atoms in total. The van der Waals surface area contributed by atoms with E-state index >= 15 is 0 Å². The van der Waals surface area contributed by atoms with Gasteiger partial charge in [0.25, 0.3) is 5.91 Å². The maximum absolute atomic E-state index is 12.8. The summed E-state index contributed by atoms with van der Waals surface area (Å²) in [6.45, 7) is 1.66. The molecule has 2 fully saturated rings. The maximum Gasteiger partial charge on any atom is 0.253 e. The summed E-state index contributed by atoms with van der Waals surface area (Å²) in [4.78, 5) is 31.8. The van der Waals surface area contributed by atoms with Gasteiger partial charge in [0.05, 0.1) is 23.2 Å². The number of rotatable bonds is 3. The first-order chi connectivity index (χ1) is 13.1. The van der Waals surface area contributed by atoms with Gasteiger partial charge in [0.15, 0.2) is 0 Å². The summed E-state index contributed by atoms with van der Waals surface area (Å²) in [6.07, 6.45) is 4.87. The highest BCUT2D eigenvalue weighted by Gasteiger charge is 2.36.